The topological polar surface area (TPSA) is 66.8 Å². The van der Waals surface area contributed by atoms with Crippen molar-refractivity contribution in [3.05, 3.63) is 83.4 Å². The third-order valence-electron chi connectivity index (χ3n) is 6.02. The zero-order valence-corrected chi connectivity index (χ0v) is 17.1. The second-order valence-electron chi connectivity index (χ2n) is 8.08. The number of nitrogens with zero attached hydrogens (tertiary/aromatic N) is 1. The number of hydrogen-bond donors (Lipinski definition) is 1. The fourth-order valence-electron chi connectivity index (χ4n) is 4.39. The van der Waals surface area contributed by atoms with Crippen molar-refractivity contribution in [3.63, 3.8) is 0 Å². The Labute approximate surface area is 177 Å². The van der Waals surface area contributed by atoms with Crippen LogP contribution in [0.5, 0.6) is 0 Å². The van der Waals surface area contributed by atoms with Gasteiger partial charge in [-0.05, 0) is 36.5 Å². The fraction of sp³-hybridized carbons (Fsp3) is 0.360. The first kappa shape index (κ1) is 20.5. The monoisotopic (exact) mass is 405 g/mol. The molecule has 0 aromatic heterocycles. The summed E-state index contributed by atoms with van der Waals surface area (Å²) in [5.74, 6) is -0.905. The molecule has 2 amide bonds. The molecule has 1 aliphatic carbocycles. The van der Waals surface area contributed by atoms with Crippen LogP contribution in [0.15, 0.2) is 66.7 Å². The van der Waals surface area contributed by atoms with E-state index < -0.39 is 6.10 Å². The van der Waals surface area contributed by atoms with Gasteiger partial charge in [0, 0.05) is 0 Å². The number of benzene rings is 2. The first-order valence-corrected chi connectivity index (χ1v) is 10.5. The lowest BCUT2D eigenvalue weighted by Crippen LogP contribution is -2.39. The maximum absolute atomic E-state index is 12.6. The molecule has 2 aromatic carbocycles. The molecule has 1 N–H and O–H groups in total. The molecule has 1 saturated heterocycles. The van der Waals surface area contributed by atoms with Crippen LogP contribution in [0.4, 0.5) is 0 Å². The Morgan fingerprint density at radius 2 is 1.57 bits per heavy atom. The molecular weight excluding hydrogens is 378 g/mol. The Bertz CT molecular complexity index is 913. The average Bonchev–Trinajstić information content (AvgIpc) is 3.01. The Hall–Kier alpha value is -2.76. The van der Waals surface area contributed by atoms with Gasteiger partial charge in [-0.15, -0.1) is 0 Å². The summed E-state index contributed by atoms with van der Waals surface area (Å²) in [4.78, 5) is 26.5. The van der Waals surface area contributed by atoms with E-state index in [2.05, 4.69) is 0 Å². The highest BCUT2D eigenvalue weighted by molar-refractivity contribution is 6.05. The number of amides is 2. The van der Waals surface area contributed by atoms with Gasteiger partial charge < -0.3 is 9.84 Å². The number of carbonyl (C=O) groups is 2. The Kier molecular flexibility index (Phi) is 6.11. The van der Waals surface area contributed by atoms with Crippen molar-refractivity contribution < 1.29 is 19.4 Å². The molecule has 1 fully saturated rings. The smallest absolute Gasteiger partial charge is 0.233 e. The van der Waals surface area contributed by atoms with Crippen LogP contribution in [0.2, 0.25) is 0 Å². The van der Waals surface area contributed by atoms with E-state index in [9.17, 15) is 14.7 Å². The van der Waals surface area contributed by atoms with Gasteiger partial charge in [0.1, 0.15) is 6.10 Å². The molecule has 1 heterocycles. The predicted octanol–water partition coefficient (Wildman–Crippen LogP) is 3.41. The van der Waals surface area contributed by atoms with E-state index in [1.54, 1.807) is 0 Å². The molecule has 0 spiro atoms. The van der Waals surface area contributed by atoms with Crippen LogP contribution in [0.3, 0.4) is 0 Å². The van der Waals surface area contributed by atoms with Crippen LogP contribution in [0.1, 0.15) is 35.6 Å². The number of ether oxygens (including phenoxy) is 1. The largest absolute Gasteiger partial charge is 0.389 e. The minimum Gasteiger partial charge on any atom is -0.389 e. The highest BCUT2D eigenvalue weighted by Crippen LogP contribution is 2.35. The van der Waals surface area contributed by atoms with Crippen molar-refractivity contribution in [1.29, 1.82) is 0 Å². The van der Waals surface area contributed by atoms with Gasteiger partial charge in [-0.1, -0.05) is 66.7 Å². The molecule has 4 atom stereocenters. The minimum atomic E-state index is -0.943. The minimum absolute atomic E-state index is 0.0263. The first-order chi connectivity index (χ1) is 14.6. The number of carbonyl (C=O) groups excluding carboxylic acids is 2. The summed E-state index contributed by atoms with van der Waals surface area (Å²) in [6.45, 7) is 2.03. The summed E-state index contributed by atoms with van der Waals surface area (Å²) in [5.41, 5.74) is 3.12. The second kappa shape index (κ2) is 8.94. The molecule has 0 unspecified atom stereocenters. The Morgan fingerprint density at radius 1 is 0.967 bits per heavy atom. The van der Waals surface area contributed by atoms with Crippen molar-refractivity contribution >= 4 is 11.8 Å². The van der Waals surface area contributed by atoms with Gasteiger partial charge in [-0.3, -0.25) is 14.5 Å². The number of likely N-dealkylation sites (tertiary alicyclic amines) is 1. The summed E-state index contributed by atoms with van der Waals surface area (Å²) in [5, 5.41) is 10.6. The van der Waals surface area contributed by atoms with Crippen molar-refractivity contribution in [2.24, 2.45) is 11.8 Å². The number of β-amino-alcohol motifs (C(OH)–C–C–N with tert-alkyl or cyclic N) is 1. The van der Waals surface area contributed by atoms with E-state index >= 15 is 0 Å². The third kappa shape index (κ3) is 4.09. The van der Waals surface area contributed by atoms with Crippen molar-refractivity contribution in [3.8, 4) is 0 Å². The molecule has 2 aromatic rings. The number of aliphatic hydroxyl groups is 1. The highest BCUT2D eigenvalue weighted by atomic mass is 16.5. The molecule has 30 heavy (non-hydrogen) atoms. The van der Waals surface area contributed by atoms with Crippen LogP contribution in [0, 0.1) is 18.8 Å². The van der Waals surface area contributed by atoms with Crippen molar-refractivity contribution in [2.75, 3.05) is 13.2 Å². The molecule has 156 valence electrons. The summed E-state index contributed by atoms with van der Waals surface area (Å²) in [7, 11) is 0. The van der Waals surface area contributed by atoms with Gasteiger partial charge in [-0.2, -0.15) is 0 Å². The number of rotatable bonds is 7. The maximum Gasteiger partial charge on any atom is 0.233 e. The quantitative estimate of drug-likeness (QED) is 0.566. The highest BCUT2D eigenvalue weighted by Gasteiger charge is 2.47. The summed E-state index contributed by atoms with van der Waals surface area (Å²) < 4.78 is 6.14. The predicted molar refractivity (Wildman–Crippen MR) is 113 cm³/mol. The first-order valence-electron chi connectivity index (χ1n) is 10.5. The van der Waals surface area contributed by atoms with E-state index in [1.165, 1.54) is 4.90 Å². The second-order valence-corrected chi connectivity index (χ2v) is 8.08. The van der Waals surface area contributed by atoms with E-state index in [0.29, 0.717) is 12.8 Å². The normalized spacial score (nSPS) is 22.8. The van der Waals surface area contributed by atoms with Crippen LogP contribution < -0.4 is 0 Å². The number of allylic oxidation sites excluding steroid dienone is 2. The molecule has 0 saturated carbocycles. The lowest BCUT2D eigenvalue weighted by molar-refractivity contribution is -0.142. The van der Waals surface area contributed by atoms with Gasteiger partial charge in [0.15, 0.2) is 0 Å². The van der Waals surface area contributed by atoms with Gasteiger partial charge >= 0.3 is 0 Å². The number of imide groups is 1. The fourth-order valence-corrected chi connectivity index (χ4v) is 4.39. The van der Waals surface area contributed by atoms with Crippen LogP contribution in [0.25, 0.3) is 0 Å². The molecule has 1 aliphatic heterocycles. The maximum atomic E-state index is 12.6. The van der Waals surface area contributed by atoms with E-state index in [-0.39, 0.29) is 42.9 Å². The van der Waals surface area contributed by atoms with Gasteiger partial charge in [0.05, 0.1) is 31.1 Å². The van der Waals surface area contributed by atoms with Crippen LogP contribution >= 0.6 is 0 Å². The lowest BCUT2D eigenvalue weighted by Gasteiger charge is -2.24. The molecule has 0 bridgehead atoms. The Morgan fingerprint density at radius 3 is 2.20 bits per heavy atom. The van der Waals surface area contributed by atoms with E-state index in [4.69, 9.17) is 4.74 Å². The Balaban J connectivity index is 1.44. The van der Waals surface area contributed by atoms with Gasteiger partial charge in [-0.25, -0.2) is 0 Å². The molecular formula is C25H27NO4. The molecule has 5 nitrogen and oxygen atoms in total. The third-order valence-corrected chi connectivity index (χ3v) is 6.02. The van der Waals surface area contributed by atoms with Gasteiger partial charge in [0.2, 0.25) is 11.8 Å². The number of hydrogen-bond acceptors (Lipinski definition) is 4. The summed E-state index contributed by atoms with van der Waals surface area (Å²) in [6.07, 6.45) is 3.84. The van der Waals surface area contributed by atoms with E-state index in [1.807, 2.05) is 73.7 Å². The lowest BCUT2D eigenvalue weighted by atomic mass is 9.85. The zero-order valence-electron chi connectivity index (χ0n) is 17.1. The molecule has 4 rings (SSSR count). The number of aliphatic hydroxyl groups excluding tert-OH is 1. The van der Waals surface area contributed by atoms with Crippen molar-refractivity contribution in [1.82, 2.24) is 4.90 Å². The van der Waals surface area contributed by atoms with E-state index in [0.717, 1.165) is 16.7 Å². The van der Waals surface area contributed by atoms with Crippen molar-refractivity contribution in [2.45, 2.75) is 32.0 Å². The number of aryl methyl sites for hydroxylation is 1. The molecule has 0 radical (unpaired) electrons. The summed E-state index contributed by atoms with van der Waals surface area (Å²) in [6, 6.07) is 17.8. The van der Waals surface area contributed by atoms with Gasteiger partial charge in [0.25, 0.3) is 0 Å². The SMILES string of the molecule is Cc1ccccc1[C@H](OC[C@@H](O)CN1C(=O)[C@H]2CC=CC[C@H]2C1=O)c1ccccc1. The standard InChI is InChI=1S/C25H27NO4/c1-17-9-5-6-12-20(17)23(18-10-3-2-4-11-18)30-16-19(27)15-26-24(28)21-13-7-8-14-22(21)25(26)29/h2-12,19,21-23,27H,13-16H2,1H3/t19-,21-,22+,23+/m0/s1. The molecule has 2 aliphatic rings. The van der Waals surface area contributed by atoms with Crippen LogP contribution in [-0.2, 0) is 14.3 Å². The molecule has 5 heteroatoms. The van der Waals surface area contributed by atoms with Crippen LogP contribution in [-0.4, -0.2) is 41.1 Å². The average molecular weight is 405 g/mol. The summed E-state index contributed by atoms with van der Waals surface area (Å²) >= 11 is 0. The zero-order chi connectivity index (χ0) is 21.1. The number of fused-ring (bicyclic) bond motifs is 1.